The van der Waals surface area contributed by atoms with Gasteiger partial charge in [0.05, 0.1) is 7.11 Å². The van der Waals surface area contributed by atoms with E-state index in [9.17, 15) is 0 Å². The molecule has 1 aliphatic rings. The normalized spacial score (nSPS) is 21.1. The third-order valence-electron chi connectivity index (χ3n) is 3.95. The van der Waals surface area contributed by atoms with Gasteiger partial charge in [-0.15, -0.1) is 0 Å². The van der Waals surface area contributed by atoms with Crippen LogP contribution < -0.4 is 4.74 Å². The van der Waals surface area contributed by atoms with E-state index in [2.05, 4.69) is 35.4 Å². The average molecular weight is 279 g/mol. The van der Waals surface area contributed by atoms with Gasteiger partial charge in [-0.1, -0.05) is 25.0 Å². The second-order valence-corrected chi connectivity index (χ2v) is 6.15. The topological polar surface area (TPSA) is 12.5 Å². The fraction of sp³-hybridized carbons (Fsp3) is 0.625. The molecular weight excluding hydrogens is 254 g/mol. The van der Waals surface area contributed by atoms with E-state index in [0.717, 1.165) is 5.75 Å². The number of rotatable bonds is 5. The van der Waals surface area contributed by atoms with Gasteiger partial charge in [0.2, 0.25) is 0 Å². The summed E-state index contributed by atoms with van der Waals surface area (Å²) in [5, 5.41) is 0. The second-order valence-electron chi connectivity index (χ2n) is 5.17. The zero-order valence-corrected chi connectivity index (χ0v) is 12.9. The van der Waals surface area contributed by atoms with Crippen molar-refractivity contribution in [1.29, 1.82) is 0 Å². The number of benzene rings is 1. The Kier molecular flexibility index (Phi) is 6.05. The number of hydrogen-bond donors (Lipinski definition) is 0. The van der Waals surface area contributed by atoms with E-state index < -0.39 is 0 Å². The van der Waals surface area contributed by atoms with E-state index in [-0.39, 0.29) is 0 Å². The third-order valence-corrected chi connectivity index (χ3v) is 4.54. The lowest BCUT2D eigenvalue weighted by Crippen LogP contribution is -2.30. The standard InChI is InChI=1S/C16H25NOS/c1-18-15-9-7-14(8-10-15)16-6-4-3-5-11-17(16)12-13-19-2/h7-10,16H,3-6,11-13H2,1-2H3. The molecule has 106 valence electrons. The largest absolute Gasteiger partial charge is 0.497 e. The number of likely N-dealkylation sites (tertiary alicyclic amines) is 1. The Morgan fingerprint density at radius 3 is 2.68 bits per heavy atom. The second kappa shape index (κ2) is 7.81. The van der Waals surface area contributed by atoms with E-state index in [1.165, 1.54) is 50.1 Å². The molecule has 3 heteroatoms. The molecule has 1 unspecified atom stereocenters. The Bertz CT molecular complexity index is 366. The molecule has 1 fully saturated rings. The van der Waals surface area contributed by atoms with Crippen molar-refractivity contribution in [1.82, 2.24) is 4.90 Å². The molecule has 0 bridgehead atoms. The van der Waals surface area contributed by atoms with Crippen LogP contribution in [-0.2, 0) is 0 Å². The van der Waals surface area contributed by atoms with Crippen LogP contribution in [0.15, 0.2) is 24.3 Å². The summed E-state index contributed by atoms with van der Waals surface area (Å²) < 4.78 is 5.26. The van der Waals surface area contributed by atoms with Gasteiger partial charge in [-0.2, -0.15) is 11.8 Å². The molecule has 1 heterocycles. The average Bonchev–Trinajstić information content (AvgIpc) is 2.70. The van der Waals surface area contributed by atoms with Crippen LogP contribution in [0.25, 0.3) is 0 Å². The SMILES string of the molecule is COc1ccc(C2CCCCCN2CCSC)cc1. The number of methoxy groups -OCH3 is 1. The lowest BCUT2D eigenvalue weighted by molar-refractivity contribution is 0.214. The first kappa shape index (κ1) is 14.7. The van der Waals surface area contributed by atoms with Gasteiger partial charge in [-0.3, -0.25) is 4.90 Å². The van der Waals surface area contributed by atoms with Gasteiger partial charge in [0.1, 0.15) is 5.75 Å². The number of ether oxygens (including phenoxy) is 1. The summed E-state index contributed by atoms with van der Waals surface area (Å²) in [6, 6.07) is 9.25. The van der Waals surface area contributed by atoms with Crippen molar-refractivity contribution in [2.24, 2.45) is 0 Å². The highest BCUT2D eigenvalue weighted by molar-refractivity contribution is 7.98. The van der Waals surface area contributed by atoms with E-state index in [0.29, 0.717) is 6.04 Å². The molecule has 1 aliphatic heterocycles. The van der Waals surface area contributed by atoms with Crippen LogP contribution in [0.2, 0.25) is 0 Å². The van der Waals surface area contributed by atoms with Crippen molar-refractivity contribution in [2.45, 2.75) is 31.7 Å². The van der Waals surface area contributed by atoms with Crippen LogP contribution in [0.4, 0.5) is 0 Å². The summed E-state index contributed by atoms with van der Waals surface area (Å²) in [4.78, 5) is 2.67. The Labute approximate surface area is 121 Å². The Morgan fingerprint density at radius 2 is 2.00 bits per heavy atom. The molecule has 0 N–H and O–H groups in total. The Morgan fingerprint density at radius 1 is 1.21 bits per heavy atom. The maximum absolute atomic E-state index is 5.26. The Balaban J connectivity index is 2.10. The molecule has 2 nitrogen and oxygen atoms in total. The highest BCUT2D eigenvalue weighted by atomic mass is 32.2. The molecule has 0 radical (unpaired) electrons. The molecule has 1 aromatic carbocycles. The molecule has 2 rings (SSSR count). The minimum Gasteiger partial charge on any atom is -0.497 e. The number of hydrogen-bond acceptors (Lipinski definition) is 3. The third kappa shape index (κ3) is 4.15. The summed E-state index contributed by atoms with van der Waals surface area (Å²) in [5.74, 6) is 2.18. The monoisotopic (exact) mass is 279 g/mol. The van der Waals surface area contributed by atoms with Crippen LogP contribution >= 0.6 is 11.8 Å². The summed E-state index contributed by atoms with van der Waals surface area (Å²) in [7, 11) is 1.73. The van der Waals surface area contributed by atoms with Crippen LogP contribution in [-0.4, -0.2) is 37.1 Å². The molecule has 0 amide bonds. The van der Waals surface area contributed by atoms with Gasteiger partial charge < -0.3 is 4.74 Å². The predicted molar refractivity (Wildman–Crippen MR) is 84.2 cm³/mol. The van der Waals surface area contributed by atoms with E-state index in [1.54, 1.807) is 7.11 Å². The van der Waals surface area contributed by atoms with E-state index in [4.69, 9.17) is 4.74 Å². The summed E-state index contributed by atoms with van der Waals surface area (Å²) in [5.41, 5.74) is 1.45. The Hall–Kier alpha value is -0.670. The van der Waals surface area contributed by atoms with Crippen molar-refractivity contribution < 1.29 is 4.74 Å². The van der Waals surface area contributed by atoms with Gasteiger partial charge in [0, 0.05) is 18.3 Å². The minimum atomic E-state index is 0.598. The molecule has 0 spiro atoms. The molecule has 0 aromatic heterocycles. The molecule has 1 atom stereocenters. The van der Waals surface area contributed by atoms with Crippen LogP contribution in [0.3, 0.4) is 0 Å². The van der Waals surface area contributed by atoms with E-state index in [1.807, 2.05) is 11.8 Å². The van der Waals surface area contributed by atoms with Crippen molar-refractivity contribution in [3.05, 3.63) is 29.8 Å². The van der Waals surface area contributed by atoms with Gasteiger partial charge in [0.25, 0.3) is 0 Å². The molecule has 19 heavy (non-hydrogen) atoms. The minimum absolute atomic E-state index is 0.598. The van der Waals surface area contributed by atoms with Crippen LogP contribution in [0, 0.1) is 0 Å². The van der Waals surface area contributed by atoms with Crippen molar-refractivity contribution in [3.8, 4) is 5.75 Å². The van der Waals surface area contributed by atoms with E-state index >= 15 is 0 Å². The summed E-state index contributed by atoms with van der Waals surface area (Å²) in [6.45, 7) is 2.45. The summed E-state index contributed by atoms with van der Waals surface area (Å²) in [6.07, 6.45) is 7.57. The maximum atomic E-state index is 5.26. The number of nitrogens with zero attached hydrogens (tertiary/aromatic N) is 1. The zero-order valence-electron chi connectivity index (χ0n) is 12.1. The fourth-order valence-electron chi connectivity index (χ4n) is 2.85. The summed E-state index contributed by atoms with van der Waals surface area (Å²) >= 11 is 1.94. The van der Waals surface area contributed by atoms with Gasteiger partial charge >= 0.3 is 0 Å². The fourth-order valence-corrected chi connectivity index (χ4v) is 3.26. The van der Waals surface area contributed by atoms with Crippen LogP contribution in [0.5, 0.6) is 5.75 Å². The molecule has 1 saturated heterocycles. The zero-order chi connectivity index (χ0) is 13.5. The first-order chi connectivity index (χ1) is 9.35. The quantitative estimate of drug-likeness (QED) is 0.809. The lowest BCUT2D eigenvalue weighted by atomic mass is 10.0. The molecule has 0 aliphatic carbocycles. The van der Waals surface area contributed by atoms with Crippen molar-refractivity contribution >= 4 is 11.8 Å². The van der Waals surface area contributed by atoms with Crippen molar-refractivity contribution in [3.63, 3.8) is 0 Å². The highest BCUT2D eigenvalue weighted by Gasteiger charge is 2.21. The smallest absolute Gasteiger partial charge is 0.118 e. The van der Waals surface area contributed by atoms with Crippen molar-refractivity contribution in [2.75, 3.05) is 32.2 Å². The highest BCUT2D eigenvalue weighted by Crippen LogP contribution is 2.31. The van der Waals surface area contributed by atoms with Gasteiger partial charge in [0.15, 0.2) is 0 Å². The molecule has 0 saturated carbocycles. The lowest BCUT2D eigenvalue weighted by Gasteiger charge is -2.30. The first-order valence-electron chi connectivity index (χ1n) is 7.22. The van der Waals surface area contributed by atoms with Gasteiger partial charge in [-0.25, -0.2) is 0 Å². The molecular formula is C16H25NOS. The van der Waals surface area contributed by atoms with Crippen LogP contribution in [0.1, 0.15) is 37.3 Å². The predicted octanol–water partition coefficient (Wildman–Crippen LogP) is 3.98. The molecule has 1 aromatic rings. The first-order valence-corrected chi connectivity index (χ1v) is 8.61. The van der Waals surface area contributed by atoms with Gasteiger partial charge in [-0.05, 0) is 43.3 Å². The maximum Gasteiger partial charge on any atom is 0.118 e. The number of thioether (sulfide) groups is 1.